The molecule has 1 aliphatic rings. The second-order valence-corrected chi connectivity index (χ2v) is 5.70. The third-order valence-corrected chi connectivity index (χ3v) is 3.16. The van der Waals surface area contributed by atoms with E-state index in [1.807, 2.05) is 6.07 Å². The Morgan fingerprint density at radius 3 is 3.00 bits per heavy atom. The quantitative estimate of drug-likeness (QED) is 0.876. The Morgan fingerprint density at radius 1 is 1.53 bits per heavy atom. The van der Waals surface area contributed by atoms with Crippen LogP contribution in [0.1, 0.15) is 38.9 Å². The van der Waals surface area contributed by atoms with E-state index in [9.17, 15) is 0 Å². The van der Waals surface area contributed by atoms with E-state index in [1.165, 1.54) is 0 Å². The standard InChI is InChI=1S/C13H22N2O2/c1-13(2,3)16-9-10-8-14-6-4-11(10)12-5-7-15-17-12/h5,7,10-11,14H,4,6,8-9H2,1-3H3. The SMILES string of the molecule is CC(C)(C)OCC1CNCCC1c1ccno1. The molecule has 1 aromatic heterocycles. The van der Waals surface area contributed by atoms with E-state index in [4.69, 9.17) is 9.26 Å². The monoisotopic (exact) mass is 238 g/mol. The first kappa shape index (κ1) is 12.6. The Kier molecular flexibility index (Phi) is 3.84. The smallest absolute Gasteiger partial charge is 0.140 e. The highest BCUT2D eigenvalue weighted by atomic mass is 16.5. The van der Waals surface area contributed by atoms with E-state index < -0.39 is 0 Å². The van der Waals surface area contributed by atoms with Crippen LogP contribution in [-0.4, -0.2) is 30.5 Å². The minimum atomic E-state index is -0.0799. The fourth-order valence-electron chi connectivity index (χ4n) is 2.25. The lowest BCUT2D eigenvalue weighted by Gasteiger charge is -2.32. The number of nitrogens with zero attached hydrogens (tertiary/aromatic N) is 1. The number of rotatable bonds is 3. The molecule has 2 atom stereocenters. The Morgan fingerprint density at radius 2 is 2.35 bits per heavy atom. The van der Waals surface area contributed by atoms with Crippen LogP contribution < -0.4 is 5.32 Å². The van der Waals surface area contributed by atoms with Gasteiger partial charge < -0.3 is 14.6 Å². The predicted molar refractivity (Wildman–Crippen MR) is 65.9 cm³/mol. The molecule has 1 aliphatic heterocycles. The van der Waals surface area contributed by atoms with Crippen LogP contribution in [0.15, 0.2) is 16.8 Å². The molecule has 4 heteroatoms. The molecule has 2 rings (SSSR count). The van der Waals surface area contributed by atoms with Gasteiger partial charge in [-0.3, -0.25) is 0 Å². The number of piperidine rings is 1. The highest BCUT2D eigenvalue weighted by molar-refractivity contribution is 5.06. The van der Waals surface area contributed by atoms with Crippen molar-refractivity contribution in [1.29, 1.82) is 0 Å². The van der Waals surface area contributed by atoms with Crippen molar-refractivity contribution in [3.8, 4) is 0 Å². The Balaban J connectivity index is 1.98. The van der Waals surface area contributed by atoms with Gasteiger partial charge in [-0.1, -0.05) is 5.16 Å². The van der Waals surface area contributed by atoms with E-state index >= 15 is 0 Å². The van der Waals surface area contributed by atoms with Gasteiger partial charge in [-0.15, -0.1) is 0 Å². The molecule has 0 radical (unpaired) electrons. The minimum absolute atomic E-state index is 0.0799. The van der Waals surface area contributed by atoms with Crippen LogP contribution in [0, 0.1) is 5.92 Å². The molecule has 1 fully saturated rings. The van der Waals surface area contributed by atoms with Crippen molar-refractivity contribution in [2.24, 2.45) is 5.92 Å². The molecule has 96 valence electrons. The molecule has 0 aliphatic carbocycles. The van der Waals surface area contributed by atoms with Gasteiger partial charge in [0.05, 0.1) is 18.4 Å². The summed E-state index contributed by atoms with van der Waals surface area (Å²) in [6.07, 6.45) is 2.81. The molecule has 0 saturated carbocycles. The molecule has 17 heavy (non-hydrogen) atoms. The molecule has 1 saturated heterocycles. The lowest BCUT2D eigenvalue weighted by atomic mass is 9.85. The molecule has 0 bridgehead atoms. The van der Waals surface area contributed by atoms with Crippen molar-refractivity contribution >= 4 is 0 Å². The molecular formula is C13H22N2O2. The normalized spacial score (nSPS) is 26.1. The van der Waals surface area contributed by atoms with Crippen molar-refractivity contribution in [3.05, 3.63) is 18.0 Å². The maximum atomic E-state index is 5.90. The molecule has 2 heterocycles. The maximum Gasteiger partial charge on any atom is 0.140 e. The van der Waals surface area contributed by atoms with Crippen molar-refractivity contribution in [2.75, 3.05) is 19.7 Å². The van der Waals surface area contributed by atoms with Gasteiger partial charge in [0.25, 0.3) is 0 Å². The largest absolute Gasteiger partial charge is 0.376 e. The molecule has 0 amide bonds. The molecule has 0 spiro atoms. The first-order chi connectivity index (χ1) is 8.06. The van der Waals surface area contributed by atoms with Crippen LogP contribution in [0.25, 0.3) is 0 Å². The van der Waals surface area contributed by atoms with Gasteiger partial charge in [0.2, 0.25) is 0 Å². The molecular weight excluding hydrogens is 216 g/mol. The van der Waals surface area contributed by atoms with Crippen molar-refractivity contribution in [1.82, 2.24) is 10.5 Å². The van der Waals surface area contributed by atoms with Gasteiger partial charge in [0.15, 0.2) is 0 Å². The Bertz CT molecular complexity index is 330. The first-order valence-corrected chi connectivity index (χ1v) is 6.31. The molecule has 2 unspecified atom stereocenters. The second kappa shape index (κ2) is 5.19. The summed E-state index contributed by atoms with van der Waals surface area (Å²) in [6, 6.07) is 1.97. The molecule has 4 nitrogen and oxygen atoms in total. The predicted octanol–water partition coefficient (Wildman–Crippen LogP) is 2.18. The summed E-state index contributed by atoms with van der Waals surface area (Å²) in [5.74, 6) is 1.89. The van der Waals surface area contributed by atoms with Gasteiger partial charge >= 0.3 is 0 Å². The number of ether oxygens (including phenoxy) is 1. The summed E-state index contributed by atoms with van der Waals surface area (Å²) in [6.45, 7) is 9.06. The van der Waals surface area contributed by atoms with Gasteiger partial charge in [-0.2, -0.15) is 0 Å². The molecule has 0 aromatic carbocycles. The van der Waals surface area contributed by atoms with Crippen LogP contribution in [0.3, 0.4) is 0 Å². The van der Waals surface area contributed by atoms with Gasteiger partial charge in [0, 0.05) is 24.4 Å². The van der Waals surface area contributed by atoms with Gasteiger partial charge in [-0.05, 0) is 33.7 Å². The summed E-state index contributed by atoms with van der Waals surface area (Å²) >= 11 is 0. The van der Waals surface area contributed by atoms with Gasteiger partial charge in [0.1, 0.15) is 5.76 Å². The van der Waals surface area contributed by atoms with E-state index in [-0.39, 0.29) is 5.60 Å². The van der Waals surface area contributed by atoms with E-state index in [0.717, 1.165) is 31.9 Å². The highest BCUT2D eigenvalue weighted by Gasteiger charge is 2.30. The zero-order valence-electron chi connectivity index (χ0n) is 10.9. The number of hydrogen-bond donors (Lipinski definition) is 1. The summed E-state index contributed by atoms with van der Waals surface area (Å²) in [5.41, 5.74) is -0.0799. The minimum Gasteiger partial charge on any atom is -0.376 e. The van der Waals surface area contributed by atoms with Crippen LogP contribution >= 0.6 is 0 Å². The summed E-state index contributed by atoms with van der Waals surface area (Å²) in [5, 5.41) is 7.23. The van der Waals surface area contributed by atoms with Crippen molar-refractivity contribution < 1.29 is 9.26 Å². The summed E-state index contributed by atoms with van der Waals surface area (Å²) in [7, 11) is 0. The third-order valence-electron chi connectivity index (χ3n) is 3.16. The number of nitrogens with one attached hydrogen (secondary N) is 1. The summed E-state index contributed by atoms with van der Waals surface area (Å²) < 4.78 is 11.2. The topological polar surface area (TPSA) is 47.3 Å². The Hall–Kier alpha value is -0.870. The van der Waals surface area contributed by atoms with E-state index in [2.05, 4.69) is 31.2 Å². The van der Waals surface area contributed by atoms with Crippen LogP contribution in [0.5, 0.6) is 0 Å². The average molecular weight is 238 g/mol. The fraction of sp³-hybridized carbons (Fsp3) is 0.769. The Labute approximate surface area is 103 Å². The molecule has 1 N–H and O–H groups in total. The van der Waals surface area contributed by atoms with E-state index in [0.29, 0.717) is 11.8 Å². The maximum absolute atomic E-state index is 5.90. The number of hydrogen-bond acceptors (Lipinski definition) is 4. The third kappa shape index (κ3) is 3.54. The second-order valence-electron chi connectivity index (χ2n) is 5.70. The van der Waals surface area contributed by atoms with Crippen molar-refractivity contribution in [2.45, 2.75) is 38.7 Å². The summed E-state index contributed by atoms with van der Waals surface area (Å²) in [4.78, 5) is 0. The van der Waals surface area contributed by atoms with Crippen LogP contribution in [-0.2, 0) is 4.74 Å². The first-order valence-electron chi connectivity index (χ1n) is 6.31. The average Bonchev–Trinajstić information content (AvgIpc) is 2.79. The van der Waals surface area contributed by atoms with Crippen molar-refractivity contribution in [3.63, 3.8) is 0 Å². The molecule has 1 aromatic rings. The van der Waals surface area contributed by atoms with Crippen LogP contribution in [0.4, 0.5) is 0 Å². The van der Waals surface area contributed by atoms with Gasteiger partial charge in [-0.25, -0.2) is 0 Å². The fourth-order valence-corrected chi connectivity index (χ4v) is 2.25. The lowest BCUT2D eigenvalue weighted by molar-refractivity contribution is -0.0308. The van der Waals surface area contributed by atoms with E-state index in [1.54, 1.807) is 6.20 Å². The zero-order chi connectivity index (χ0) is 12.3. The van der Waals surface area contributed by atoms with Crippen LogP contribution in [0.2, 0.25) is 0 Å². The zero-order valence-corrected chi connectivity index (χ0v) is 10.9. The highest BCUT2D eigenvalue weighted by Crippen LogP contribution is 2.31. The number of aromatic nitrogens is 1. The lowest BCUT2D eigenvalue weighted by Crippen LogP contribution is -2.39.